The van der Waals surface area contributed by atoms with Crippen LogP contribution in [-0.4, -0.2) is 51.1 Å². The molecule has 0 radical (unpaired) electrons. The average Bonchev–Trinajstić information content (AvgIpc) is 2.42. The van der Waals surface area contributed by atoms with E-state index in [0.29, 0.717) is 0 Å². The maximum absolute atomic E-state index is 11.6. The second-order valence-electron chi connectivity index (χ2n) is 5.49. The van der Waals surface area contributed by atoms with Gasteiger partial charge in [-0.15, -0.1) is 6.58 Å². The standard InChI is InChI=1S/C13H25BN2O5/c1-5-6-7-13(2,3)9-21-12(19)16-10(11(17)18)8-15-14-20-4/h5,10,14-15H,1,6-9H2,2-4H3,(H,16,19)(H,17,18). The van der Waals surface area contributed by atoms with E-state index in [2.05, 4.69) is 17.1 Å². The fourth-order valence-electron chi connectivity index (χ4n) is 1.52. The maximum Gasteiger partial charge on any atom is 0.407 e. The second kappa shape index (κ2) is 10.2. The van der Waals surface area contributed by atoms with E-state index in [-0.39, 0.29) is 26.2 Å². The Balaban J connectivity index is 4.19. The van der Waals surface area contributed by atoms with E-state index in [1.807, 2.05) is 19.9 Å². The molecule has 1 unspecified atom stereocenters. The molecule has 0 saturated heterocycles. The van der Waals surface area contributed by atoms with Crippen LogP contribution in [0.4, 0.5) is 4.79 Å². The monoisotopic (exact) mass is 300 g/mol. The molecule has 0 aromatic heterocycles. The smallest absolute Gasteiger partial charge is 0.407 e. The number of aliphatic carboxylic acids is 1. The summed E-state index contributed by atoms with van der Waals surface area (Å²) < 4.78 is 9.83. The average molecular weight is 300 g/mol. The molecule has 0 aromatic carbocycles. The number of alkyl carbamates (subject to hydrolysis) is 1. The van der Waals surface area contributed by atoms with Crippen molar-refractivity contribution in [2.24, 2.45) is 5.41 Å². The summed E-state index contributed by atoms with van der Waals surface area (Å²) in [5.74, 6) is -1.14. The van der Waals surface area contributed by atoms with Gasteiger partial charge < -0.3 is 25.0 Å². The van der Waals surface area contributed by atoms with Crippen molar-refractivity contribution < 1.29 is 24.1 Å². The lowest BCUT2D eigenvalue weighted by atomic mass is 9.89. The van der Waals surface area contributed by atoms with Crippen molar-refractivity contribution in [3.8, 4) is 0 Å². The normalized spacial score (nSPS) is 12.3. The number of amides is 1. The van der Waals surface area contributed by atoms with Gasteiger partial charge in [0, 0.05) is 13.7 Å². The molecule has 0 aromatic rings. The van der Waals surface area contributed by atoms with Crippen LogP contribution in [-0.2, 0) is 14.2 Å². The number of carboxylic acids is 1. The third-order valence-corrected chi connectivity index (χ3v) is 2.80. The summed E-state index contributed by atoms with van der Waals surface area (Å²) in [5.41, 5.74) is -0.182. The minimum Gasteiger partial charge on any atom is -0.480 e. The minimum absolute atomic E-state index is 0.0537. The first-order chi connectivity index (χ1) is 9.82. The van der Waals surface area contributed by atoms with Crippen molar-refractivity contribution in [1.29, 1.82) is 0 Å². The third-order valence-electron chi connectivity index (χ3n) is 2.80. The summed E-state index contributed by atoms with van der Waals surface area (Å²) >= 11 is 0. The minimum atomic E-state index is -1.14. The van der Waals surface area contributed by atoms with E-state index in [9.17, 15) is 9.59 Å². The number of carbonyl (C=O) groups excluding carboxylic acids is 1. The number of carboxylic acid groups (broad SMARTS) is 1. The zero-order valence-corrected chi connectivity index (χ0v) is 13.0. The Morgan fingerprint density at radius 3 is 2.67 bits per heavy atom. The first-order valence-electron chi connectivity index (χ1n) is 6.79. The highest BCUT2D eigenvalue weighted by molar-refractivity contribution is 6.23. The van der Waals surface area contributed by atoms with E-state index >= 15 is 0 Å². The number of hydrogen-bond donors (Lipinski definition) is 3. The lowest BCUT2D eigenvalue weighted by molar-refractivity contribution is -0.139. The van der Waals surface area contributed by atoms with Gasteiger partial charge in [-0.1, -0.05) is 19.9 Å². The predicted octanol–water partition coefficient (Wildman–Crippen LogP) is 0.661. The highest BCUT2D eigenvalue weighted by atomic mass is 16.5. The summed E-state index contributed by atoms with van der Waals surface area (Å²) in [5, 5.41) is 14.0. The molecule has 0 aliphatic rings. The van der Waals surface area contributed by atoms with Crippen LogP contribution in [0.25, 0.3) is 0 Å². The van der Waals surface area contributed by atoms with Crippen LogP contribution in [0, 0.1) is 5.41 Å². The molecule has 7 nitrogen and oxygen atoms in total. The Morgan fingerprint density at radius 2 is 2.14 bits per heavy atom. The van der Waals surface area contributed by atoms with Crippen molar-refractivity contribution in [2.45, 2.75) is 32.7 Å². The van der Waals surface area contributed by atoms with Gasteiger partial charge in [-0.3, -0.25) is 0 Å². The Kier molecular flexibility index (Phi) is 9.48. The molecule has 120 valence electrons. The van der Waals surface area contributed by atoms with Gasteiger partial charge in [0.1, 0.15) is 6.04 Å². The number of carbonyl (C=O) groups is 2. The highest BCUT2D eigenvalue weighted by Gasteiger charge is 2.23. The zero-order valence-electron chi connectivity index (χ0n) is 13.0. The Bertz CT molecular complexity index is 349. The summed E-state index contributed by atoms with van der Waals surface area (Å²) in [6.07, 6.45) is 2.73. The van der Waals surface area contributed by atoms with Gasteiger partial charge >= 0.3 is 19.7 Å². The van der Waals surface area contributed by atoms with E-state index < -0.39 is 18.1 Å². The molecule has 0 spiro atoms. The molecule has 0 fully saturated rings. The number of hydrogen-bond acceptors (Lipinski definition) is 5. The van der Waals surface area contributed by atoms with Crippen LogP contribution in [0.2, 0.25) is 0 Å². The molecule has 0 aliphatic carbocycles. The van der Waals surface area contributed by atoms with Crippen molar-refractivity contribution in [2.75, 3.05) is 20.3 Å². The van der Waals surface area contributed by atoms with E-state index in [0.717, 1.165) is 12.8 Å². The predicted molar refractivity (Wildman–Crippen MR) is 81.3 cm³/mol. The molecule has 1 atom stereocenters. The lowest BCUT2D eigenvalue weighted by Crippen LogP contribution is -2.48. The van der Waals surface area contributed by atoms with Crippen LogP contribution in [0.1, 0.15) is 26.7 Å². The topological polar surface area (TPSA) is 96.9 Å². The molecule has 8 heteroatoms. The molecule has 3 N–H and O–H groups in total. The molecular weight excluding hydrogens is 275 g/mol. The van der Waals surface area contributed by atoms with Gasteiger partial charge in [-0.05, 0) is 18.3 Å². The van der Waals surface area contributed by atoms with E-state index in [4.69, 9.17) is 14.5 Å². The van der Waals surface area contributed by atoms with Crippen molar-refractivity contribution >= 4 is 19.7 Å². The van der Waals surface area contributed by atoms with Gasteiger partial charge in [0.2, 0.25) is 0 Å². The van der Waals surface area contributed by atoms with Gasteiger partial charge in [0.05, 0.1) is 6.61 Å². The fraction of sp³-hybridized carbons (Fsp3) is 0.692. The molecule has 1 amide bonds. The summed E-state index contributed by atoms with van der Waals surface area (Å²) in [6.45, 7) is 7.86. The highest BCUT2D eigenvalue weighted by Crippen LogP contribution is 2.22. The van der Waals surface area contributed by atoms with Crippen molar-refractivity contribution in [3.63, 3.8) is 0 Å². The van der Waals surface area contributed by atoms with Crippen molar-refractivity contribution in [1.82, 2.24) is 10.5 Å². The SMILES string of the molecule is C=CCCC(C)(C)COC(=O)NC(CNBOC)C(=O)O. The molecule has 0 bridgehead atoms. The third kappa shape index (κ3) is 9.92. The summed E-state index contributed by atoms with van der Waals surface area (Å²) in [6, 6.07) is -1.07. The quantitative estimate of drug-likeness (QED) is 0.295. The molecule has 0 rings (SSSR count). The number of rotatable bonds is 11. The fourth-order valence-corrected chi connectivity index (χ4v) is 1.52. The van der Waals surface area contributed by atoms with Crippen LogP contribution in [0.3, 0.4) is 0 Å². The van der Waals surface area contributed by atoms with E-state index in [1.54, 1.807) is 0 Å². The van der Waals surface area contributed by atoms with Gasteiger partial charge in [-0.2, -0.15) is 0 Å². The molecule has 21 heavy (non-hydrogen) atoms. The number of nitrogens with one attached hydrogen (secondary N) is 2. The molecule has 0 saturated carbocycles. The van der Waals surface area contributed by atoms with E-state index in [1.165, 1.54) is 7.11 Å². The molecular formula is C13H25BN2O5. The first-order valence-corrected chi connectivity index (χ1v) is 6.79. The number of allylic oxidation sites excluding steroid dienone is 1. The summed E-state index contributed by atoms with van der Waals surface area (Å²) in [4.78, 5) is 22.6. The van der Waals surface area contributed by atoms with Crippen LogP contribution < -0.4 is 10.5 Å². The van der Waals surface area contributed by atoms with Crippen molar-refractivity contribution in [3.05, 3.63) is 12.7 Å². The Labute approximate surface area is 126 Å². The molecule has 0 heterocycles. The Hall–Kier alpha value is -1.54. The second-order valence-corrected chi connectivity index (χ2v) is 5.49. The van der Waals surface area contributed by atoms with Crippen LogP contribution >= 0.6 is 0 Å². The molecule has 0 aliphatic heterocycles. The zero-order chi connectivity index (χ0) is 16.3. The first kappa shape index (κ1) is 19.5. The Morgan fingerprint density at radius 1 is 1.48 bits per heavy atom. The van der Waals surface area contributed by atoms with Crippen LogP contribution in [0.15, 0.2) is 12.7 Å². The van der Waals surface area contributed by atoms with Gasteiger partial charge in [0.25, 0.3) is 0 Å². The van der Waals surface area contributed by atoms with Gasteiger partial charge in [-0.25, -0.2) is 9.59 Å². The number of ether oxygens (including phenoxy) is 1. The lowest BCUT2D eigenvalue weighted by Gasteiger charge is -2.24. The maximum atomic E-state index is 11.6. The summed E-state index contributed by atoms with van der Waals surface area (Å²) in [7, 11) is 1.69. The largest absolute Gasteiger partial charge is 0.480 e. The van der Waals surface area contributed by atoms with Crippen LogP contribution in [0.5, 0.6) is 0 Å². The van der Waals surface area contributed by atoms with Gasteiger partial charge in [0.15, 0.2) is 0 Å².